The summed E-state index contributed by atoms with van der Waals surface area (Å²) < 4.78 is 38.3. The molecule has 1 atom stereocenters. The first kappa shape index (κ1) is 17.8. The first-order valence-corrected chi connectivity index (χ1v) is 6.35. The van der Waals surface area contributed by atoms with E-state index >= 15 is 0 Å². The predicted molar refractivity (Wildman–Crippen MR) is 77.1 cm³/mol. The van der Waals surface area contributed by atoms with E-state index in [4.69, 9.17) is 5.73 Å². The van der Waals surface area contributed by atoms with Crippen LogP contribution in [0.1, 0.15) is 31.4 Å². The van der Waals surface area contributed by atoms with Gasteiger partial charge in [-0.3, -0.25) is 4.79 Å². The monoisotopic (exact) mass is 322 g/mol. The van der Waals surface area contributed by atoms with Gasteiger partial charge in [0.2, 0.25) is 5.91 Å². The number of hydrogen-bond acceptors (Lipinski definition) is 2. The highest BCUT2D eigenvalue weighted by molar-refractivity contribution is 5.95. The Bertz CT molecular complexity index is 544. The van der Waals surface area contributed by atoms with Crippen LogP contribution in [0.5, 0.6) is 0 Å². The van der Waals surface area contributed by atoms with E-state index in [1.165, 1.54) is 6.07 Å². The van der Waals surface area contributed by atoms with Crippen LogP contribution in [0.2, 0.25) is 0 Å². The van der Waals surface area contributed by atoms with E-state index in [9.17, 15) is 18.0 Å². The van der Waals surface area contributed by atoms with Gasteiger partial charge in [0.05, 0.1) is 5.56 Å². The molecular formula is C14H18ClF3N2O. The molecule has 0 saturated heterocycles. The summed E-state index contributed by atoms with van der Waals surface area (Å²) in [6, 6.07) is 3.41. The molecule has 0 spiro atoms. The van der Waals surface area contributed by atoms with Crippen molar-refractivity contribution in [2.75, 3.05) is 5.32 Å². The third-order valence-corrected chi connectivity index (χ3v) is 3.65. The van der Waals surface area contributed by atoms with Crippen LogP contribution in [0.15, 0.2) is 18.2 Å². The highest BCUT2D eigenvalue weighted by Crippen LogP contribution is 2.52. The van der Waals surface area contributed by atoms with Crippen molar-refractivity contribution in [3.8, 4) is 0 Å². The van der Waals surface area contributed by atoms with Crippen molar-refractivity contribution in [1.29, 1.82) is 0 Å². The summed E-state index contributed by atoms with van der Waals surface area (Å²) in [6.07, 6.45) is -3.70. The van der Waals surface area contributed by atoms with E-state index in [-0.39, 0.29) is 41.9 Å². The van der Waals surface area contributed by atoms with E-state index in [0.29, 0.717) is 5.56 Å². The van der Waals surface area contributed by atoms with Crippen molar-refractivity contribution >= 4 is 24.0 Å². The van der Waals surface area contributed by atoms with Crippen LogP contribution < -0.4 is 11.1 Å². The minimum atomic E-state index is -4.45. The fraction of sp³-hybridized carbons (Fsp3) is 0.500. The molecule has 0 radical (unpaired) electrons. The molecule has 0 aromatic heterocycles. The van der Waals surface area contributed by atoms with Gasteiger partial charge in [-0.25, -0.2) is 0 Å². The lowest BCUT2D eigenvalue weighted by Crippen LogP contribution is -2.17. The van der Waals surface area contributed by atoms with Crippen LogP contribution in [-0.4, -0.2) is 5.91 Å². The summed E-state index contributed by atoms with van der Waals surface area (Å²) in [5.41, 5.74) is 5.01. The Morgan fingerprint density at radius 3 is 2.38 bits per heavy atom. The van der Waals surface area contributed by atoms with Crippen LogP contribution in [0.25, 0.3) is 0 Å². The molecule has 7 heteroatoms. The molecule has 3 N–H and O–H groups in total. The molecule has 1 aromatic rings. The lowest BCUT2D eigenvalue weighted by atomic mass is 10.1. The van der Waals surface area contributed by atoms with Crippen LogP contribution in [0.4, 0.5) is 18.9 Å². The Morgan fingerprint density at radius 1 is 1.38 bits per heavy atom. The van der Waals surface area contributed by atoms with Crippen molar-refractivity contribution in [1.82, 2.24) is 0 Å². The van der Waals surface area contributed by atoms with Crippen LogP contribution in [-0.2, 0) is 17.5 Å². The van der Waals surface area contributed by atoms with E-state index in [1.807, 2.05) is 13.8 Å². The lowest BCUT2D eigenvalue weighted by Gasteiger charge is -2.13. The molecule has 21 heavy (non-hydrogen) atoms. The summed E-state index contributed by atoms with van der Waals surface area (Å²) >= 11 is 0. The first-order valence-electron chi connectivity index (χ1n) is 6.35. The normalized spacial score (nSPS) is 19.6. The molecule has 1 aliphatic carbocycles. The summed E-state index contributed by atoms with van der Waals surface area (Å²) in [5, 5.41) is 2.55. The minimum Gasteiger partial charge on any atom is -0.326 e. The molecule has 1 aliphatic rings. The van der Waals surface area contributed by atoms with E-state index in [2.05, 4.69) is 5.32 Å². The highest BCUT2D eigenvalue weighted by atomic mass is 35.5. The van der Waals surface area contributed by atoms with Gasteiger partial charge in [-0.2, -0.15) is 13.2 Å². The van der Waals surface area contributed by atoms with E-state index in [0.717, 1.165) is 18.6 Å². The Hall–Kier alpha value is -1.27. The number of rotatable bonds is 3. The number of carbonyl (C=O) groups is 1. The Balaban J connectivity index is 0.00000220. The predicted octanol–water partition coefficient (Wildman–Crippen LogP) is 3.57. The Morgan fingerprint density at radius 2 is 1.95 bits per heavy atom. The zero-order valence-corrected chi connectivity index (χ0v) is 12.6. The second kappa shape index (κ2) is 5.85. The van der Waals surface area contributed by atoms with E-state index < -0.39 is 11.7 Å². The van der Waals surface area contributed by atoms with Crippen molar-refractivity contribution in [3.63, 3.8) is 0 Å². The third-order valence-electron chi connectivity index (χ3n) is 3.65. The smallest absolute Gasteiger partial charge is 0.326 e. The Labute approximate surface area is 127 Å². The maximum atomic E-state index is 12.8. The zero-order chi connectivity index (χ0) is 15.1. The molecule has 1 amide bonds. The van der Waals surface area contributed by atoms with Crippen molar-refractivity contribution in [2.45, 2.75) is 33.0 Å². The number of nitrogens with one attached hydrogen (secondary N) is 1. The van der Waals surface area contributed by atoms with Crippen molar-refractivity contribution < 1.29 is 18.0 Å². The van der Waals surface area contributed by atoms with Crippen molar-refractivity contribution in [3.05, 3.63) is 29.3 Å². The van der Waals surface area contributed by atoms with Gasteiger partial charge in [-0.15, -0.1) is 12.4 Å². The summed E-state index contributed by atoms with van der Waals surface area (Å²) in [5.74, 6) is -0.379. The number of alkyl halides is 3. The molecule has 3 nitrogen and oxygen atoms in total. The maximum absolute atomic E-state index is 12.8. The van der Waals surface area contributed by atoms with Gasteiger partial charge in [0.25, 0.3) is 0 Å². The largest absolute Gasteiger partial charge is 0.416 e. The second-order valence-corrected chi connectivity index (χ2v) is 5.86. The number of anilines is 1. The number of hydrogen-bond donors (Lipinski definition) is 2. The topological polar surface area (TPSA) is 55.1 Å². The molecule has 1 aromatic carbocycles. The molecule has 118 valence electrons. The van der Waals surface area contributed by atoms with Crippen LogP contribution in [0.3, 0.4) is 0 Å². The van der Waals surface area contributed by atoms with Gasteiger partial charge >= 0.3 is 6.18 Å². The molecule has 0 aliphatic heterocycles. The van der Waals surface area contributed by atoms with Gasteiger partial charge in [0.1, 0.15) is 0 Å². The minimum absolute atomic E-state index is 0. The quantitative estimate of drug-likeness (QED) is 0.894. The standard InChI is InChI=1S/C14H17F3N2O.ClH/c1-13(2)6-11(13)12(20)19-10-4-8(7-18)3-9(5-10)14(15,16)17;/h3-5,11H,6-7,18H2,1-2H3,(H,19,20);1H. The van der Waals surface area contributed by atoms with E-state index in [1.54, 1.807) is 0 Å². The number of benzene rings is 1. The molecule has 0 bridgehead atoms. The number of nitrogens with two attached hydrogens (primary N) is 1. The molecule has 2 rings (SSSR count). The van der Waals surface area contributed by atoms with Gasteiger partial charge in [-0.05, 0) is 35.6 Å². The van der Waals surface area contributed by atoms with Crippen molar-refractivity contribution in [2.24, 2.45) is 17.1 Å². The lowest BCUT2D eigenvalue weighted by molar-refractivity contribution is -0.137. The average Bonchev–Trinajstić information content (AvgIpc) is 2.97. The number of halogens is 4. The van der Waals surface area contributed by atoms with Crippen LogP contribution >= 0.6 is 12.4 Å². The molecule has 1 unspecified atom stereocenters. The highest BCUT2D eigenvalue weighted by Gasteiger charge is 2.50. The van der Waals surface area contributed by atoms with Gasteiger partial charge < -0.3 is 11.1 Å². The third kappa shape index (κ3) is 4.11. The summed E-state index contributed by atoms with van der Waals surface area (Å²) in [4.78, 5) is 11.9. The molecule has 0 heterocycles. The summed E-state index contributed by atoms with van der Waals surface area (Å²) in [7, 11) is 0. The van der Waals surface area contributed by atoms with Gasteiger partial charge in [0.15, 0.2) is 0 Å². The maximum Gasteiger partial charge on any atom is 0.416 e. The van der Waals surface area contributed by atoms with Gasteiger partial charge in [0, 0.05) is 18.2 Å². The number of carbonyl (C=O) groups excluding carboxylic acids is 1. The second-order valence-electron chi connectivity index (χ2n) is 5.86. The average molecular weight is 323 g/mol. The van der Waals surface area contributed by atoms with Gasteiger partial charge in [-0.1, -0.05) is 13.8 Å². The molecule has 1 fully saturated rings. The fourth-order valence-corrected chi connectivity index (χ4v) is 2.19. The molecular weight excluding hydrogens is 305 g/mol. The van der Waals surface area contributed by atoms with Crippen LogP contribution in [0, 0.1) is 11.3 Å². The Kier molecular flexibility index (Phi) is 4.95. The summed E-state index contributed by atoms with van der Waals surface area (Å²) in [6.45, 7) is 3.89. The molecule has 1 saturated carbocycles. The SMILES string of the molecule is CC1(C)CC1C(=O)Nc1cc(CN)cc(C(F)(F)F)c1.Cl. The number of amides is 1. The fourth-order valence-electron chi connectivity index (χ4n) is 2.19. The first-order chi connectivity index (χ1) is 9.13. The zero-order valence-electron chi connectivity index (χ0n) is 11.8.